The SMILES string of the molecule is CCCC(=O)N1CC(F)(CN)C1. The number of rotatable bonds is 3. The third kappa shape index (κ3) is 1.75. The molecule has 0 atom stereocenters. The summed E-state index contributed by atoms with van der Waals surface area (Å²) < 4.78 is 13.2. The summed E-state index contributed by atoms with van der Waals surface area (Å²) in [6.45, 7) is 2.32. The van der Waals surface area contributed by atoms with Crippen molar-refractivity contribution < 1.29 is 9.18 Å². The molecule has 0 aromatic rings. The maximum atomic E-state index is 13.2. The summed E-state index contributed by atoms with van der Waals surface area (Å²) in [5.74, 6) is 0.0409. The number of likely N-dealkylation sites (tertiary alicyclic amines) is 1. The molecular weight excluding hydrogens is 159 g/mol. The zero-order chi connectivity index (χ0) is 9.19. The Hall–Kier alpha value is -0.640. The van der Waals surface area contributed by atoms with Crippen LogP contribution in [0.25, 0.3) is 0 Å². The first kappa shape index (κ1) is 9.45. The van der Waals surface area contributed by atoms with Crippen LogP contribution in [0.4, 0.5) is 4.39 Å². The molecule has 2 N–H and O–H groups in total. The average molecular weight is 174 g/mol. The molecule has 0 spiro atoms. The molecule has 1 rings (SSSR count). The van der Waals surface area contributed by atoms with Crippen LogP contribution in [0.3, 0.4) is 0 Å². The molecule has 1 aliphatic rings. The first-order valence-corrected chi connectivity index (χ1v) is 4.28. The number of alkyl halides is 1. The number of hydrogen-bond acceptors (Lipinski definition) is 2. The lowest BCUT2D eigenvalue weighted by Crippen LogP contribution is -2.64. The number of amides is 1. The summed E-state index contributed by atoms with van der Waals surface area (Å²) in [6.07, 6.45) is 1.33. The molecule has 1 amide bonds. The van der Waals surface area contributed by atoms with Gasteiger partial charge in [-0.3, -0.25) is 4.79 Å². The molecule has 3 nitrogen and oxygen atoms in total. The molecule has 1 heterocycles. The van der Waals surface area contributed by atoms with Crippen LogP contribution in [0.5, 0.6) is 0 Å². The van der Waals surface area contributed by atoms with Gasteiger partial charge in [0.05, 0.1) is 13.1 Å². The molecule has 0 aliphatic carbocycles. The van der Waals surface area contributed by atoms with E-state index < -0.39 is 5.67 Å². The first-order chi connectivity index (χ1) is 5.61. The van der Waals surface area contributed by atoms with Crippen LogP contribution in [-0.2, 0) is 4.79 Å². The lowest BCUT2D eigenvalue weighted by Gasteiger charge is -2.43. The number of carbonyl (C=O) groups is 1. The molecule has 1 fully saturated rings. The Labute approximate surface area is 71.7 Å². The maximum absolute atomic E-state index is 13.2. The Morgan fingerprint density at radius 3 is 2.67 bits per heavy atom. The monoisotopic (exact) mass is 174 g/mol. The van der Waals surface area contributed by atoms with E-state index >= 15 is 0 Å². The molecule has 0 saturated carbocycles. The fraction of sp³-hybridized carbons (Fsp3) is 0.875. The van der Waals surface area contributed by atoms with Crippen molar-refractivity contribution in [3.05, 3.63) is 0 Å². The van der Waals surface area contributed by atoms with Gasteiger partial charge in [0.15, 0.2) is 5.67 Å². The van der Waals surface area contributed by atoms with Gasteiger partial charge in [-0.2, -0.15) is 0 Å². The van der Waals surface area contributed by atoms with Crippen molar-refractivity contribution >= 4 is 5.91 Å². The van der Waals surface area contributed by atoms with Crippen LogP contribution in [0.2, 0.25) is 0 Å². The Bertz CT molecular complexity index is 178. The van der Waals surface area contributed by atoms with Gasteiger partial charge in [-0.05, 0) is 6.42 Å². The molecule has 0 bridgehead atoms. The zero-order valence-corrected chi connectivity index (χ0v) is 7.35. The van der Waals surface area contributed by atoms with Gasteiger partial charge < -0.3 is 10.6 Å². The van der Waals surface area contributed by atoms with Gasteiger partial charge in [-0.15, -0.1) is 0 Å². The van der Waals surface area contributed by atoms with E-state index in [4.69, 9.17) is 5.73 Å². The molecule has 0 radical (unpaired) electrons. The molecule has 12 heavy (non-hydrogen) atoms. The minimum Gasteiger partial charge on any atom is -0.336 e. The second kappa shape index (κ2) is 3.39. The fourth-order valence-electron chi connectivity index (χ4n) is 1.32. The van der Waals surface area contributed by atoms with E-state index in [0.29, 0.717) is 6.42 Å². The van der Waals surface area contributed by atoms with E-state index in [9.17, 15) is 9.18 Å². The third-order valence-corrected chi connectivity index (χ3v) is 2.13. The average Bonchev–Trinajstić information content (AvgIpc) is 1.99. The predicted octanol–water partition coefficient (Wildman–Crippen LogP) is 0.296. The minimum atomic E-state index is -1.30. The van der Waals surface area contributed by atoms with Crippen molar-refractivity contribution in [2.45, 2.75) is 25.4 Å². The van der Waals surface area contributed by atoms with E-state index in [1.165, 1.54) is 4.90 Å². The number of nitrogens with zero attached hydrogens (tertiary/aromatic N) is 1. The van der Waals surface area contributed by atoms with Gasteiger partial charge in [0.25, 0.3) is 0 Å². The number of hydrogen-bond donors (Lipinski definition) is 1. The summed E-state index contributed by atoms with van der Waals surface area (Å²) in [7, 11) is 0. The zero-order valence-electron chi connectivity index (χ0n) is 7.35. The quantitative estimate of drug-likeness (QED) is 0.668. The van der Waals surface area contributed by atoms with E-state index in [1.807, 2.05) is 6.92 Å². The van der Waals surface area contributed by atoms with E-state index in [0.717, 1.165) is 6.42 Å². The summed E-state index contributed by atoms with van der Waals surface area (Å²) in [5, 5.41) is 0. The Balaban J connectivity index is 2.29. The summed E-state index contributed by atoms with van der Waals surface area (Å²) in [6, 6.07) is 0. The Morgan fingerprint density at radius 2 is 2.25 bits per heavy atom. The van der Waals surface area contributed by atoms with Gasteiger partial charge in [0.1, 0.15) is 0 Å². The fourth-order valence-corrected chi connectivity index (χ4v) is 1.32. The van der Waals surface area contributed by atoms with E-state index in [1.54, 1.807) is 0 Å². The van der Waals surface area contributed by atoms with E-state index in [-0.39, 0.29) is 25.5 Å². The molecule has 0 aromatic heterocycles. The highest BCUT2D eigenvalue weighted by Crippen LogP contribution is 2.24. The lowest BCUT2D eigenvalue weighted by molar-refractivity contribution is -0.144. The van der Waals surface area contributed by atoms with Crippen molar-refractivity contribution in [2.75, 3.05) is 19.6 Å². The van der Waals surface area contributed by atoms with Gasteiger partial charge in [-0.1, -0.05) is 6.92 Å². The second-order valence-electron chi connectivity index (χ2n) is 3.35. The summed E-state index contributed by atoms with van der Waals surface area (Å²) in [4.78, 5) is 12.7. The highest BCUT2D eigenvalue weighted by Gasteiger charge is 2.44. The van der Waals surface area contributed by atoms with Crippen LogP contribution < -0.4 is 5.73 Å². The number of carbonyl (C=O) groups excluding carboxylic acids is 1. The molecule has 1 aliphatic heterocycles. The van der Waals surface area contributed by atoms with Crippen molar-refractivity contribution in [3.63, 3.8) is 0 Å². The largest absolute Gasteiger partial charge is 0.336 e. The van der Waals surface area contributed by atoms with Crippen molar-refractivity contribution in [1.82, 2.24) is 4.90 Å². The Kier molecular flexibility index (Phi) is 2.67. The molecule has 4 heteroatoms. The number of halogens is 1. The highest BCUT2D eigenvalue weighted by atomic mass is 19.1. The van der Waals surface area contributed by atoms with Crippen LogP contribution in [0, 0.1) is 0 Å². The first-order valence-electron chi connectivity index (χ1n) is 4.28. The van der Waals surface area contributed by atoms with Gasteiger partial charge >= 0.3 is 0 Å². The van der Waals surface area contributed by atoms with E-state index in [2.05, 4.69) is 0 Å². The van der Waals surface area contributed by atoms with Crippen LogP contribution in [0.1, 0.15) is 19.8 Å². The minimum absolute atomic E-state index is 0.0168. The Morgan fingerprint density at radius 1 is 1.67 bits per heavy atom. The van der Waals surface area contributed by atoms with Crippen LogP contribution in [0.15, 0.2) is 0 Å². The molecular formula is C8H15FN2O. The topological polar surface area (TPSA) is 46.3 Å². The standard InChI is InChI=1S/C8H15FN2O/c1-2-3-7(12)11-5-8(9,4-10)6-11/h2-6,10H2,1H3. The van der Waals surface area contributed by atoms with Crippen molar-refractivity contribution in [3.8, 4) is 0 Å². The number of nitrogens with two attached hydrogens (primary N) is 1. The van der Waals surface area contributed by atoms with Crippen LogP contribution >= 0.6 is 0 Å². The van der Waals surface area contributed by atoms with Gasteiger partial charge in [-0.25, -0.2) is 4.39 Å². The van der Waals surface area contributed by atoms with Gasteiger partial charge in [0.2, 0.25) is 5.91 Å². The predicted molar refractivity (Wildman–Crippen MR) is 44.4 cm³/mol. The maximum Gasteiger partial charge on any atom is 0.222 e. The smallest absolute Gasteiger partial charge is 0.222 e. The van der Waals surface area contributed by atoms with Crippen LogP contribution in [-0.4, -0.2) is 36.1 Å². The van der Waals surface area contributed by atoms with Crippen molar-refractivity contribution in [2.24, 2.45) is 5.73 Å². The highest BCUT2D eigenvalue weighted by molar-refractivity contribution is 5.77. The molecule has 70 valence electrons. The second-order valence-corrected chi connectivity index (χ2v) is 3.35. The van der Waals surface area contributed by atoms with Gasteiger partial charge in [0, 0.05) is 13.0 Å². The third-order valence-electron chi connectivity index (χ3n) is 2.13. The molecule has 0 unspecified atom stereocenters. The normalized spacial score (nSPS) is 20.4. The summed E-state index contributed by atoms with van der Waals surface area (Å²) in [5.41, 5.74) is 3.89. The molecule has 0 aromatic carbocycles. The lowest BCUT2D eigenvalue weighted by atomic mass is 9.96. The summed E-state index contributed by atoms with van der Waals surface area (Å²) >= 11 is 0. The van der Waals surface area contributed by atoms with Crippen molar-refractivity contribution in [1.29, 1.82) is 0 Å². The molecule has 1 saturated heterocycles.